The monoisotopic (exact) mass is 364 g/mol. The van der Waals surface area contributed by atoms with Crippen LogP contribution in [0.2, 0.25) is 5.02 Å². The molecule has 1 aromatic heterocycles. The Morgan fingerprint density at radius 1 is 1.04 bits per heavy atom. The molecular formula is C21H17ClN2O2. The second-order valence-corrected chi connectivity index (χ2v) is 6.45. The third-order valence-electron chi connectivity index (χ3n) is 3.99. The van der Waals surface area contributed by atoms with Gasteiger partial charge in [-0.2, -0.15) is 0 Å². The van der Waals surface area contributed by atoms with Crippen molar-refractivity contribution in [1.29, 1.82) is 0 Å². The summed E-state index contributed by atoms with van der Waals surface area (Å²) in [6.45, 7) is 3.84. The van der Waals surface area contributed by atoms with Gasteiger partial charge in [0, 0.05) is 29.6 Å². The summed E-state index contributed by atoms with van der Waals surface area (Å²) in [7, 11) is 0. The van der Waals surface area contributed by atoms with Crippen molar-refractivity contribution in [2.75, 3.05) is 0 Å². The highest BCUT2D eigenvalue weighted by atomic mass is 35.5. The standard InChI is InChI=1S/C21H17ClN2O2/c1-14-3-6-16(7-4-14)21(26)19(24-10-9-23-13-24)12-20(25)17-8-5-15(2)11-18(17)22/h3-13H,1-2H3/b19-12+. The van der Waals surface area contributed by atoms with E-state index in [0.29, 0.717) is 16.1 Å². The lowest BCUT2D eigenvalue weighted by molar-refractivity contribution is 0.102. The van der Waals surface area contributed by atoms with Gasteiger partial charge in [0.1, 0.15) is 0 Å². The number of imidazole rings is 1. The fourth-order valence-electron chi connectivity index (χ4n) is 2.53. The molecule has 5 heteroatoms. The summed E-state index contributed by atoms with van der Waals surface area (Å²) in [5.41, 5.74) is 3.08. The van der Waals surface area contributed by atoms with Crippen molar-refractivity contribution < 1.29 is 9.59 Å². The van der Waals surface area contributed by atoms with Crippen LogP contribution in [0.1, 0.15) is 31.8 Å². The molecular weight excluding hydrogens is 348 g/mol. The average Bonchev–Trinajstić information content (AvgIpc) is 3.14. The third-order valence-corrected chi connectivity index (χ3v) is 4.30. The highest BCUT2D eigenvalue weighted by Gasteiger charge is 2.17. The van der Waals surface area contributed by atoms with Crippen molar-refractivity contribution in [3.8, 4) is 0 Å². The van der Waals surface area contributed by atoms with E-state index in [2.05, 4.69) is 4.98 Å². The number of aromatic nitrogens is 2. The van der Waals surface area contributed by atoms with Crippen molar-refractivity contribution >= 4 is 28.9 Å². The molecule has 0 unspecified atom stereocenters. The van der Waals surface area contributed by atoms with Gasteiger partial charge in [-0.25, -0.2) is 4.98 Å². The molecule has 0 amide bonds. The predicted octanol–water partition coefficient (Wildman–Crippen LogP) is 4.76. The first-order valence-electron chi connectivity index (χ1n) is 8.07. The minimum Gasteiger partial charge on any atom is -0.302 e. The molecule has 3 aromatic rings. The number of allylic oxidation sites excluding steroid dienone is 2. The van der Waals surface area contributed by atoms with Crippen molar-refractivity contribution in [2.45, 2.75) is 13.8 Å². The summed E-state index contributed by atoms with van der Waals surface area (Å²) in [5.74, 6) is -0.598. The zero-order chi connectivity index (χ0) is 18.7. The van der Waals surface area contributed by atoms with Gasteiger partial charge in [-0.05, 0) is 31.5 Å². The van der Waals surface area contributed by atoms with Crippen LogP contribution >= 0.6 is 11.6 Å². The molecule has 130 valence electrons. The molecule has 26 heavy (non-hydrogen) atoms. The number of hydrogen-bond acceptors (Lipinski definition) is 3. The first-order valence-corrected chi connectivity index (χ1v) is 8.45. The van der Waals surface area contributed by atoms with E-state index in [1.165, 1.54) is 17.0 Å². The average molecular weight is 365 g/mol. The number of aryl methyl sites for hydroxylation is 2. The summed E-state index contributed by atoms with van der Waals surface area (Å²) < 4.78 is 1.53. The van der Waals surface area contributed by atoms with Crippen LogP contribution in [0.25, 0.3) is 5.70 Å². The molecule has 0 saturated carbocycles. The number of carbonyl (C=O) groups excluding carboxylic acids is 2. The van der Waals surface area contributed by atoms with Crippen molar-refractivity contribution in [1.82, 2.24) is 9.55 Å². The molecule has 1 heterocycles. The van der Waals surface area contributed by atoms with Gasteiger partial charge in [0.15, 0.2) is 5.78 Å². The van der Waals surface area contributed by atoms with E-state index in [9.17, 15) is 9.59 Å². The van der Waals surface area contributed by atoms with Gasteiger partial charge >= 0.3 is 0 Å². The Kier molecular flexibility index (Phi) is 5.14. The lowest BCUT2D eigenvalue weighted by atomic mass is 10.0. The lowest BCUT2D eigenvalue weighted by Crippen LogP contribution is -2.11. The van der Waals surface area contributed by atoms with Gasteiger partial charge in [0.2, 0.25) is 5.78 Å². The summed E-state index contributed by atoms with van der Waals surface area (Å²) in [6.07, 6.45) is 5.98. The van der Waals surface area contributed by atoms with E-state index < -0.39 is 0 Å². The quantitative estimate of drug-likeness (QED) is 0.484. The van der Waals surface area contributed by atoms with E-state index in [4.69, 9.17) is 11.6 Å². The number of halogens is 1. The van der Waals surface area contributed by atoms with Crippen LogP contribution < -0.4 is 0 Å². The molecule has 0 radical (unpaired) electrons. The summed E-state index contributed by atoms with van der Waals surface area (Å²) in [6, 6.07) is 12.4. The van der Waals surface area contributed by atoms with Crippen LogP contribution in [0, 0.1) is 13.8 Å². The molecule has 4 nitrogen and oxygen atoms in total. The first kappa shape index (κ1) is 17.8. The normalized spacial score (nSPS) is 11.4. The highest BCUT2D eigenvalue weighted by molar-refractivity contribution is 6.36. The fraction of sp³-hybridized carbons (Fsp3) is 0.0952. The van der Waals surface area contributed by atoms with Crippen LogP contribution in [0.4, 0.5) is 0 Å². The van der Waals surface area contributed by atoms with E-state index in [1.807, 2.05) is 32.0 Å². The Bertz CT molecular complexity index is 987. The van der Waals surface area contributed by atoms with Crippen LogP contribution in [0.15, 0.2) is 67.3 Å². The van der Waals surface area contributed by atoms with Gasteiger partial charge < -0.3 is 4.57 Å². The molecule has 0 aliphatic heterocycles. The molecule has 0 bridgehead atoms. The molecule has 0 spiro atoms. The Morgan fingerprint density at radius 2 is 1.73 bits per heavy atom. The molecule has 0 fully saturated rings. The Balaban J connectivity index is 2.04. The second kappa shape index (κ2) is 7.50. The lowest BCUT2D eigenvalue weighted by Gasteiger charge is -2.09. The molecule has 0 N–H and O–H groups in total. The largest absolute Gasteiger partial charge is 0.302 e. The smallest absolute Gasteiger partial charge is 0.209 e. The van der Waals surface area contributed by atoms with Crippen LogP contribution in [-0.4, -0.2) is 21.1 Å². The molecule has 3 rings (SSSR count). The number of nitrogens with zero attached hydrogens (tertiary/aromatic N) is 2. The molecule has 0 aliphatic rings. The minimum absolute atomic E-state index is 0.216. The van der Waals surface area contributed by atoms with Crippen molar-refractivity contribution in [3.05, 3.63) is 94.5 Å². The maximum absolute atomic E-state index is 13.0. The zero-order valence-electron chi connectivity index (χ0n) is 14.4. The Morgan fingerprint density at radius 3 is 2.35 bits per heavy atom. The predicted molar refractivity (Wildman–Crippen MR) is 103 cm³/mol. The summed E-state index contributed by atoms with van der Waals surface area (Å²) in [5, 5.41) is 0.360. The number of ketones is 2. The van der Waals surface area contributed by atoms with Crippen LogP contribution in [-0.2, 0) is 0 Å². The number of benzene rings is 2. The van der Waals surface area contributed by atoms with E-state index in [1.54, 1.807) is 36.7 Å². The van der Waals surface area contributed by atoms with Crippen LogP contribution in [0.5, 0.6) is 0 Å². The van der Waals surface area contributed by atoms with Crippen LogP contribution in [0.3, 0.4) is 0 Å². The van der Waals surface area contributed by atoms with Gasteiger partial charge in [-0.1, -0.05) is 47.5 Å². The van der Waals surface area contributed by atoms with E-state index in [-0.39, 0.29) is 17.3 Å². The first-order chi connectivity index (χ1) is 12.5. The molecule has 0 saturated heterocycles. The Labute approximate surface area is 156 Å². The number of carbonyl (C=O) groups is 2. The topological polar surface area (TPSA) is 52.0 Å². The zero-order valence-corrected chi connectivity index (χ0v) is 15.2. The molecule has 2 aromatic carbocycles. The second-order valence-electron chi connectivity index (χ2n) is 6.04. The van der Waals surface area contributed by atoms with Gasteiger partial charge in [0.05, 0.1) is 17.0 Å². The Hall–Kier alpha value is -2.98. The number of rotatable bonds is 5. The summed E-state index contributed by atoms with van der Waals surface area (Å²) in [4.78, 5) is 29.7. The van der Waals surface area contributed by atoms with Gasteiger partial charge in [-0.15, -0.1) is 0 Å². The minimum atomic E-state index is -0.334. The number of Topliss-reactive ketones (excluding diaryl/α,β-unsaturated/α-hetero) is 1. The number of hydrogen-bond donors (Lipinski definition) is 0. The van der Waals surface area contributed by atoms with E-state index >= 15 is 0 Å². The molecule has 0 atom stereocenters. The highest BCUT2D eigenvalue weighted by Crippen LogP contribution is 2.21. The summed E-state index contributed by atoms with van der Waals surface area (Å²) >= 11 is 6.19. The van der Waals surface area contributed by atoms with E-state index in [0.717, 1.165) is 11.1 Å². The van der Waals surface area contributed by atoms with Crippen molar-refractivity contribution in [3.63, 3.8) is 0 Å². The SMILES string of the molecule is Cc1ccc(C(=O)/C(=C\C(=O)c2ccc(C)cc2Cl)n2ccnc2)cc1. The van der Waals surface area contributed by atoms with Crippen molar-refractivity contribution in [2.24, 2.45) is 0 Å². The fourth-order valence-corrected chi connectivity index (χ4v) is 2.86. The van der Waals surface area contributed by atoms with Gasteiger partial charge in [-0.3, -0.25) is 9.59 Å². The van der Waals surface area contributed by atoms with Gasteiger partial charge in [0.25, 0.3) is 0 Å². The maximum atomic E-state index is 13.0. The maximum Gasteiger partial charge on any atom is 0.209 e. The molecule has 0 aliphatic carbocycles. The third kappa shape index (κ3) is 3.81.